The van der Waals surface area contributed by atoms with Gasteiger partial charge >= 0.3 is 5.97 Å². The van der Waals surface area contributed by atoms with Crippen LogP contribution in [0.15, 0.2) is 78.9 Å². The Morgan fingerprint density at radius 3 is 2.13 bits per heavy atom. The average molecular weight is 437 g/mol. The van der Waals surface area contributed by atoms with Crippen LogP contribution < -0.4 is 4.74 Å². The number of rotatable bonds is 5. The first kappa shape index (κ1) is 21.4. The quantitative estimate of drug-likeness (QED) is 0.551. The number of ether oxygens (including phenoxy) is 2. The molecule has 31 heavy (non-hydrogen) atoms. The number of aliphatic hydroxyl groups is 1. The summed E-state index contributed by atoms with van der Waals surface area (Å²) < 4.78 is 10.5. The number of hydrogen-bond donors (Lipinski definition) is 1. The average Bonchev–Trinajstić information content (AvgIpc) is 3.14. The Bertz CT molecular complexity index is 1030. The Balaban J connectivity index is 1.89. The third kappa shape index (κ3) is 3.93. The molecular formula is C26H25ClO4. The standard InChI is InChI=1S/C26H25ClO4/c1-30-21-14-10-18(11-15-21)23-22(17-8-12-20(27)13-9-17)16-26(29,24(23)25(28)31-2)19-6-4-3-5-7-19/h3-15,22-24,29H,16H2,1-2H3/t22-,23-,24-,26-/m1/s1. The molecule has 0 bridgehead atoms. The highest BCUT2D eigenvalue weighted by atomic mass is 35.5. The maximum absolute atomic E-state index is 13.1. The third-order valence-corrected chi connectivity index (χ3v) is 6.62. The SMILES string of the molecule is COC(=O)[C@H]1[C@H](c2ccc(OC)cc2)[C@@H](c2ccc(Cl)cc2)C[C@@]1(O)c1ccccc1. The highest BCUT2D eigenvalue weighted by Gasteiger charge is 2.58. The molecule has 1 N–H and O–H groups in total. The van der Waals surface area contributed by atoms with E-state index in [1.807, 2.05) is 78.9 Å². The van der Waals surface area contributed by atoms with Gasteiger partial charge < -0.3 is 14.6 Å². The number of methoxy groups -OCH3 is 2. The lowest BCUT2D eigenvalue weighted by molar-refractivity contribution is -0.155. The zero-order chi connectivity index (χ0) is 22.0. The molecule has 4 nitrogen and oxygen atoms in total. The lowest BCUT2D eigenvalue weighted by atomic mass is 9.77. The molecule has 0 aliphatic heterocycles. The van der Waals surface area contributed by atoms with Gasteiger partial charge in [0.25, 0.3) is 0 Å². The molecule has 160 valence electrons. The third-order valence-electron chi connectivity index (χ3n) is 6.37. The van der Waals surface area contributed by atoms with Crippen molar-refractivity contribution in [3.63, 3.8) is 0 Å². The van der Waals surface area contributed by atoms with Gasteiger partial charge in [0.2, 0.25) is 0 Å². The van der Waals surface area contributed by atoms with Crippen molar-refractivity contribution in [2.45, 2.75) is 23.9 Å². The summed E-state index contributed by atoms with van der Waals surface area (Å²) >= 11 is 6.12. The van der Waals surface area contributed by atoms with Crippen LogP contribution in [0.2, 0.25) is 5.02 Å². The molecule has 5 heteroatoms. The molecule has 0 saturated heterocycles. The fourth-order valence-corrected chi connectivity index (χ4v) is 5.02. The molecule has 3 aromatic rings. The van der Waals surface area contributed by atoms with Crippen LogP contribution in [0.1, 0.15) is 34.9 Å². The molecule has 1 fully saturated rings. The summed E-state index contributed by atoms with van der Waals surface area (Å²) in [6.07, 6.45) is 0.384. The number of hydrogen-bond acceptors (Lipinski definition) is 4. The lowest BCUT2D eigenvalue weighted by Crippen LogP contribution is -2.38. The van der Waals surface area contributed by atoms with Crippen molar-refractivity contribution in [1.29, 1.82) is 0 Å². The minimum Gasteiger partial charge on any atom is -0.497 e. The Morgan fingerprint density at radius 1 is 0.935 bits per heavy atom. The molecule has 3 aromatic carbocycles. The van der Waals surface area contributed by atoms with Gasteiger partial charge in [-0.1, -0.05) is 66.2 Å². The van der Waals surface area contributed by atoms with Crippen LogP contribution in [0, 0.1) is 5.92 Å². The van der Waals surface area contributed by atoms with E-state index in [1.165, 1.54) is 7.11 Å². The summed E-state index contributed by atoms with van der Waals surface area (Å²) in [4.78, 5) is 13.1. The van der Waals surface area contributed by atoms with Crippen molar-refractivity contribution >= 4 is 17.6 Å². The van der Waals surface area contributed by atoms with E-state index in [0.717, 1.165) is 16.9 Å². The lowest BCUT2D eigenvalue weighted by Gasteiger charge is -2.31. The van der Waals surface area contributed by atoms with E-state index < -0.39 is 17.5 Å². The second-order valence-corrected chi connectivity index (χ2v) is 8.39. The van der Waals surface area contributed by atoms with Gasteiger partial charge in [-0.25, -0.2) is 0 Å². The number of benzene rings is 3. The molecular weight excluding hydrogens is 412 g/mol. The summed E-state index contributed by atoms with van der Waals surface area (Å²) in [6, 6.07) is 24.7. The molecule has 0 spiro atoms. The summed E-state index contributed by atoms with van der Waals surface area (Å²) in [5, 5.41) is 12.6. The minimum atomic E-state index is -1.37. The summed E-state index contributed by atoms with van der Waals surface area (Å²) in [7, 11) is 2.99. The van der Waals surface area contributed by atoms with Crippen LogP contribution in [0.4, 0.5) is 0 Å². The van der Waals surface area contributed by atoms with Gasteiger partial charge in [0, 0.05) is 10.9 Å². The van der Waals surface area contributed by atoms with E-state index in [9.17, 15) is 9.90 Å². The minimum absolute atomic E-state index is 0.111. The van der Waals surface area contributed by atoms with Gasteiger partial charge in [-0.2, -0.15) is 0 Å². The normalized spacial score (nSPS) is 25.2. The number of halogens is 1. The summed E-state index contributed by atoms with van der Waals surface area (Å²) in [5.74, 6) is -0.861. The van der Waals surface area contributed by atoms with Gasteiger partial charge in [-0.3, -0.25) is 4.79 Å². The van der Waals surface area contributed by atoms with Crippen molar-refractivity contribution in [1.82, 2.24) is 0 Å². The molecule has 0 amide bonds. The number of esters is 1. The van der Waals surface area contributed by atoms with E-state index in [2.05, 4.69) is 0 Å². The fraction of sp³-hybridized carbons (Fsp3) is 0.269. The van der Waals surface area contributed by atoms with Crippen molar-refractivity contribution < 1.29 is 19.4 Å². The highest BCUT2D eigenvalue weighted by molar-refractivity contribution is 6.30. The van der Waals surface area contributed by atoms with Crippen molar-refractivity contribution in [2.24, 2.45) is 5.92 Å². The van der Waals surface area contributed by atoms with Crippen molar-refractivity contribution in [3.05, 3.63) is 101 Å². The molecule has 4 atom stereocenters. The molecule has 0 aromatic heterocycles. The summed E-state index contributed by atoms with van der Waals surface area (Å²) in [6.45, 7) is 0. The molecule has 1 aliphatic rings. The van der Waals surface area contributed by atoms with Crippen LogP contribution in [-0.2, 0) is 15.1 Å². The Hall–Kier alpha value is -2.82. The fourth-order valence-electron chi connectivity index (χ4n) is 4.90. The highest BCUT2D eigenvalue weighted by Crippen LogP contribution is 2.58. The largest absolute Gasteiger partial charge is 0.497 e. The second-order valence-electron chi connectivity index (χ2n) is 7.95. The van der Waals surface area contributed by atoms with Crippen LogP contribution in [0.3, 0.4) is 0 Å². The predicted molar refractivity (Wildman–Crippen MR) is 120 cm³/mol. The molecule has 1 aliphatic carbocycles. The molecule has 1 saturated carbocycles. The van der Waals surface area contributed by atoms with E-state index >= 15 is 0 Å². The van der Waals surface area contributed by atoms with Gasteiger partial charge in [0.15, 0.2) is 0 Å². The van der Waals surface area contributed by atoms with Crippen LogP contribution >= 0.6 is 11.6 Å². The Kier molecular flexibility index (Phi) is 6.03. The number of carbonyl (C=O) groups is 1. The maximum atomic E-state index is 13.1. The van der Waals surface area contributed by atoms with Crippen LogP contribution in [0.5, 0.6) is 5.75 Å². The first-order chi connectivity index (χ1) is 15.0. The van der Waals surface area contributed by atoms with E-state index in [1.54, 1.807) is 7.11 Å². The monoisotopic (exact) mass is 436 g/mol. The Morgan fingerprint density at radius 2 is 1.55 bits per heavy atom. The van der Waals surface area contributed by atoms with Gasteiger partial charge in [0.1, 0.15) is 11.4 Å². The molecule has 0 unspecified atom stereocenters. The van der Waals surface area contributed by atoms with E-state index in [4.69, 9.17) is 21.1 Å². The first-order valence-corrected chi connectivity index (χ1v) is 10.6. The number of carbonyl (C=O) groups excluding carboxylic acids is 1. The van der Waals surface area contributed by atoms with Crippen LogP contribution in [-0.4, -0.2) is 25.3 Å². The van der Waals surface area contributed by atoms with Gasteiger partial charge in [0.05, 0.1) is 20.1 Å². The smallest absolute Gasteiger partial charge is 0.312 e. The Labute approximate surface area is 187 Å². The van der Waals surface area contributed by atoms with E-state index in [0.29, 0.717) is 17.0 Å². The molecule has 0 radical (unpaired) electrons. The van der Waals surface area contributed by atoms with Gasteiger partial charge in [-0.15, -0.1) is 0 Å². The molecule has 0 heterocycles. The molecule has 4 rings (SSSR count). The first-order valence-electron chi connectivity index (χ1n) is 10.2. The maximum Gasteiger partial charge on any atom is 0.312 e. The zero-order valence-corrected chi connectivity index (χ0v) is 18.3. The van der Waals surface area contributed by atoms with Gasteiger partial charge in [-0.05, 0) is 53.3 Å². The second kappa shape index (κ2) is 8.74. The van der Waals surface area contributed by atoms with Crippen molar-refractivity contribution in [3.8, 4) is 5.75 Å². The zero-order valence-electron chi connectivity index (χ0n) is 17.5. The topological polar surface area (TPSA) is 55.8 Å². The van der Waals surface area contributed by atoms with Crippen molar-refractivity contribution in [2.75, 3.05) is 14.2 Å². The van der Waals surface area contributed by atoms with Crippen LogP contribution in [0.25, 0.3) is 0 Å². The predicted octanol–water partition coefficient (Wildman–Crippen LogP) is 5.30. The summed E-state index contributed by atoms with van der Waals surface area (Å²) in [5.41, 5.74) is 1.30. The van der Waals surface area contributed by atoms with E-state index in [-0.39, 0.29) is 11.8 Å².